The predicted molar refractivity (Wildman–Crippen MR) is 78.1 cm³/mol. The number of hydrogen-bond acceptors (Lipinski definition) is 6. The summed E-state index contributed by atoms with van der Waals surface area (Å²) in [5, 5.41) is 14.2. The highest BCUT2D eigenvalue weighted by Crippen LogP contribution is 2.30. The third-order valence-electron chi connectivity index (χ3n) is 3.61. The molecule has 1 aliphatic heterocycles. The van der Waals surface area contributed by atoms with E-state index in [1.165, 1.54) is 12.6 Å². The lowest BCUT2D eigenvalue weighted by Crippen LogP contribution is -2.34. The first-order valence-electron chi connectivity index (χ1n) is 7.15. The van der Waals surface area contributed by atoms with Gasteiger partial charge in [0.05, 0.1) is 4.92 Å². The zero-order valence-electron chi connectivity index (χ0n) is 12.0. The number of anilines is 2. The van der Waals surface area contributed by atoms with Crippen molar-refractivity contribution in [2.75, 3.05) is 23.3 Å². The summed E-state index contributed by atoms with van der Waals surface area (Å²) < 4.78 is 0. The van der Waals surface area contributed by atoms with Crippen LogP contribution in [0.1, 0.15) is 39.5 Å². The Morgan fingerprint density at radius 2 is 2.30 bits per heavy atom. The van der Waals surface area contributed by atoms with Crippen molar-refractivity contribution in [2.45, 2.75) is 45.6 Å². The summed E-state index contributed by atoms with van der Waals surface area (Å²) in [6, 6.07) is 0.264. The van der Waals surface area contributed by atoms with Crippen molar-refractivity contribution in [3.63, 3.8) is 0 Å². The zero-order chi connectivity index (χ0) is 14.5. The van der Waals surface area contributed by atoms with Crippen LogP contribution in [0.3, 0.4) is 0 Å². The second kappa shape index (κ2) is 6.49. The number of rotatable bonds is 4. The fourth-order valence-corrected chi connectivity index (χ4v) is 2.54. The summed E-state index contributed by atoms with van der Waals surface area (Å²) in [4.78, 5) is 21.2. The third kappa shape index (κ3) is 3.15. The van der Waals surface area contributed by atoms with Crippen molar-refractivity contribution in [1.29, 1.82) is 0 Å². The third-order valence-corrected chi connectivity index (χ3v) is 3.61. The molecule has 1 aromatic heterocycles. The van der Waals surface area contributed by atoms with Gasteiger partial charge in [0.1, 0.15) is 6.20 Å². The van der Waals surface area contributed by atoms with Gasteiger partial charge in [-0.1, -0.05) is 12.8 Å². The lowest BCUT2D eigenvalue weighted by Gasteiger charge is -2.27. The van der Waals surface area contributed by atoms with Crippen LogP contribution < -0.4 is 10.2 Å². The minimum atomic E-state index is -0.400. The lowest BCUT2D eigenvalue weighted by atomic mass is 10.1. The largest absolute Gasteiger partial charge is 0.354 e. The monoisotopic (exact) mass is 279 g/mol. The van der Waals surface area contributed by atoms with Gasteiger partial charge in [0.2, 0.25) is 11.8 Å². The molecule has 20 heavy (non-hydrogen) atoms. The van der Waals surface area contributed by atoms with E-state index in [-0.39, 0.29) is 11.7 Å². The Kier molecular flexibility index (Phi) is 4.70. The lowest BCUT2D eigenvalue weighted by molar-refractivity contribution is -0.384. The van der Waals surface area contributed by atoms with Crippen molar-refractivity contribution in [3.8, 4) is 0 Å². The molecule has 1 fully saturated rings. The van der Waals surface area contributed by atoms with Crippen molar-refractivity contribution < 1.29 is 4.92 Å². The molecule has 7 heteroatoms. The molecule has 1 aliphatic rings. The molecule has 1 unspecified atom stereocenters. The summed E-state index contributed by atoms with van der Waals surface area (Å²) >= 11 is 0. The smallest absolute Gasteiger partial charge is 0.329 e. The molecule has 0 bridgehead atoms. The van der Waals surface area contributed by atoms with Crippen LogP contribution in [0.25, 0.3) is 0 Å². The van der Waals surface area contributed by atoms with E-state index in [1.54, 1.807) is 0 Å². The maximum Gasteiger partial charge on any atom is 0.329 e. The molecule has 1 aromatic rings. The number of nitrogens with one attached hydrogen (secondary N) is 1. The first kappa shape index (κ1) is 14.5. The van der Waals surface area contributed by atoms with Crippen LogP contribution in [0, 0.1) is 10.1 Å². The summed E-state index contributed by atoms with van der Waals surface area (Å²) in [5.74, 6) is 0.889. The maximum absolute atomic E-state index is 11.2. The molecule has 1 N–H and O–H groups in total. The highest BCUT2D eigenvalue weighted by atomic mass is 16.6. The van der Waals surface area contributed by atoms with Crippen LogP contribution in [-0.4, -0.2) is 34.0 Å². The predicted octanol–water partition coefficient (Wildman–Crippen LogP) is 2.59. The van der Waals surface area contributed by atoms with Crippen LogP contribution in [0.2, 0.25) is 0 Å². The Balaban J connectivity index is 2.39. The average molecular weight is 279 g/mol. The fraction of sp³-hybridized carbons (Fsp3) is 0.692. The van der Waals surface area contributed by atoms with Gasteiger partial charge in [-0.2, -0.15) is 4.98 Å². The van der Waals surface area contributed by atoms with Crippen molar-refractivity contribution in [3.05, 3.63) is 16.3 Å². The molecule has 0 radical (unpaired) electrons. The summed E-state index contributed by atoms with van der Waals surface area (Å²) in [6.07, 6.45) is 5.72. The van der Waals surface area contributed by atoms with Crippen LogP contribution in [0.4, 0.5) is 17.5 Å². The van der Waals surface area contributed by atoms with E-state index in [0.29, 0.717) is 18.3 Å². The number of aromatic nitrogens is 2. The second-order valence-corrected chi connectivity index (χ2v) is 5.08. The van der Waals surface area contributed by atoms with Crippen molar-refractivity contribution in [1.82, 2.24) is 9.97 Å². The van der Waals surface area contributed by atoms with E-state index in [1.807, 2.05) is 11.8 Å². The number of hydrogen-bond donors (Lipinski definition) is 1. The van der Waals surface area contributed by atoms with Gasteiger partial charge in [0.25, 0.3) is 0 Å². The van der Waals surface area contributed by atoms with E-state index in [9.17, 15) is 10.1 Å². The molecule has 0 aliphatic carbocycles. The zero-order valence-corrected chi connectivity index (χ0v) is 12.0. The number of nitro groups is 1. The van der Waals surface area contributed by atoms with Gasteiger partial charge >= 0.3 is 5.69 Å². The number of nitrogens with zero attached hydrogens (tertiary/aromatic N) is 4. The maximum atomic E-state index is 11.2. The molecular formula is C13H21N5O2. The topological polar surface area (TPSA) is 84.2 Å². The van der Waals surface area contributed by atoms with E-state index in [0.717, 1.165) is 25.8 Å². The van der Waals surface area contributed by atoms with E-state index >= 15 is 0 Å². The van der Waals surface area contributed by atoms with Gasteiger partial charge in [-0.05, 0) is 26.7 Å². The molecule has 0 saturated carbocycles. The summed E-state index contributed by atoms with van der Waals surface area (Å²) in [5.41, 5.74) is -0.0135. The van der Waals surface area contributed by atoms with Crippen molar-refractivity contribution in [2.24, 2.45) is 0 Å². The van der Waals surface area contributed by atoms with Gasteiger partial charge in [-0.15, -0.1) is 0 Å². The summed E-state index contributed by atoms with van der Waals surface area (Å²) in [6.45, 7) is 5.54. The molecule has 0 spiro atoms. The fourth-order valence-electron chi connectivity index (χ4n) is 2.54. The Morgan fingerprint density at radius 1 is 1.50 bits per heavy atom. The van der Waals surface area contributed by atoms with E-state index in [4.69, 9.17) is 0 Å². The molecule has 1 atom stereocenters. The molecule has 0 aromatic carbocycles. The second-order valence-electron chi connectivity index (χ2n) is 5.08. The van der Waals surface area contributed by atoms with Gasteiger partial charge < -0.3 is 10.2 Å². The van der Waals surface area contributed by atoms with E-state index < -0.39 is 4.92 Å². The first-order chi connectivity index (χ1) is 9.63. The van der Waals surface area contributed by atoms with Gasteiger partial charge in [0.15, 0.2) is 0 Å². The Hall–Kier alpha value is -1.92. The molecule has 1 saturated heterocycles. The summed E-state index contributed by atoms with van der Waals surface area (Å²) in [7, 11) is 0. The molecule has 7 nitrogen and oxygen atoms in total. The minimum absolute atomic E-state index is 0.0135. The van der Waals surface area contributed by atoms with E-state index in [2.05, 4.69) is 22.2 Å². The molecule has 2 heterocycles. The molecule has 2 rings (SSSR count). The molecular weight excluding hydrogens is 258 g/mol. The van der Waals surface area contributed by atoms with Crippen LogP contribution >= 0.6 is 0 Å². The average Bonchev–Trinajstić information content (AvgIpc) is 2.63. The normalized spacial score (nSPS) is 19.5. The first-order valence-corrected chi connectivity index (χ1v) is 7.15. The van der Waals surface area contributed by atoms with Crippen LogP contribution in [-0.2, 0) is 0 Å². The Labute approximate surface area is 118 Å². The standard InChI is InChI=1S/C13H21N5O2/c1-3-14-13-15-9-11(18(19)20)12(16-13)17-8-6-4-5-7-10(17)2/h9-10H,3-8H2,1-2H3,(H,14,15,16). The minimum Gasteiger partial charge on any atom is -0.354 e. The van der Waals surface area contributed by atoms with Gasteiger partial charge in [-0.25, -0.2) is 4.98 Å². The highest BCUT2D eigenvalue weighted by molar-refractivity contribution is 5.59. The van der Waals surface area contributed by atoms with Gasteiger partial charge in [-0.3, -0.25) is 10.1 Å². The SMILES string of the molecule is CCNc1ncc([N+](=O)[O-])c(N2CCCCCC2C)n1. The van der Waals surface area contributed by atoms with Crippen LogP contribution in [0.15, 0.2) is 6.20 Å². The Bertz CT molecular complexity index is 480. The van der Waals surface area contributed by atoms with Crippen molar-refractivity contribution >= 4 is 17.5 Å². The van der Waals surface area contributed by atoms with Gasteiger partial charge in [0, 0.05) is 19.1 Å². The highest BCUT2D eigenvalue weighted by Gasteiger charge is 2.27. The Morgan fingerprint density at radius 3 is 3.00 bits per heavy atom. The van der Waals surface area contributed by atoms with Crippen LogP contribution in [0.5, 0.6) is 0 Å². The molecule has 0 amide bonds. The quantitative estimate of drug-likeness (QED) is 0.673. The molecule has 110 valence electrons.